The van der Waals surface area contributed by atoms with Gasteiger partial charge in [-0.25, -0.2) is 0 Å². The first-order valence-electron chi connectivity index (χ1n) is 8.39. The lowest BCUT2D eigenvalue weighted by Crippen LogP contribution is -2.27. The van der Waals surface area contributed by atoms with E-state index >= 15 is 0 Å². The molecule has 1 aliphatic heterocycles. The molecule has 0 saturated carbocycles. The van der Waals surface area contributed by atoms with Crippen LogP contribution in [-0.4, -0.2) is 11.4 Å². The third kappa shape index (κ3) is 2.02. The number of ether oxygens (including phenoxy) is 1. The van der Waals surface area contributed by atoms with E-state index in [-0.39, 0.29) is 11.4 Å². The molecular weight excluding hydrogens is 322 g/mol. The Morgan fingerprint density at radius 3 is 1.85 bits per heavy atom. The average molecular weight is 337 g/mol. The van der Waals surface area contributed by atoms with E-state index in [1.165, 1.54) is 0 Å². The molecule has 1 aliphatic carbocycles. The van der Waals surface area contributed by atoms with Gasteiger partial charge in [0.15, 0.2) is 11.5 Å². The quantitative estimate of drug-likeness (QED) is 0.627. The molecule has 0 saturated heterocycles. The fraction of sp³-hybridized carbons (Fsp3) is 0. The molecule has 5 rings (SSSR count). The van der Waals surface area contributed by atoms with Gasteiger partial charge in [-0.2, -0.15) is 0 Å². The molecule has 2 aliphatic rings. The average Bonchev–Trinajstić information content (AvgIpc) is 2.69. The zero-order valence-electron chi connectivity index (χ0n) is 13.9. The Bertz CT molecular complexity index is 1070. The maximum absolute atomic E-state index is 8.28. The Morgan fingerprint density at radius 2 is 1.19 bits per heavy atom. The molecule has 2 N–H and O–H groups in total. The minimum atomic E-state index is 0.208. The minimum Gasteiger partial charge on any atom is -0.453 e. The molecule has 3 aromatic carbocycles. The Balaban J connectivity index is 1.80. The minimum absolute atomic E-state index is 0.208. The summed E-state index contributed by atoms with van der Waals surface area (Å²) in [4.78, 5) is 2.12. The predicted octanol–water partition coefficient (Wildman–Crippen LogP) is 5.37. The second kappa shape index (κ2) is 5.43. The van der Waals surface area contributed by atoms with Crippen molar-refractivity contribution < 1.29 is 4.74 Å². The van der Waals surface area contributed by atoms with Crippen LogP contribution in [-0.2, 0) is 0 Å². The Labute approximate surface area is 151 Å². The van der Waals surface area contributed by atoms with Gasteiger partial charge in [0, 0.05) is 11.1 Å². The molecule has 0 aromatic heterocycles. The lowest BCUT2D eigenvalue weighted by Gasteiger charge is -2.36. The number of para-hydroxylation sites is 4. The molecule has 26 heavy (non-hydrogen) atoms. The first-order valence-corrected chi connectivity index (χ1v) is 8.39. The highest BCUT2D eigenvalue weighted by Gasteiger charge is 2.31. The molecule has 0 amide bonds. The van der Waals surface area contributed by atoms with E-state index in [1.807, 2.05) is 72.8 Å². The summed E-state index contributed by atoms with van der Waals surface area (Å²) >= 11 is 0. The largest absolute Gasteiger partial charge is 0.453 e. The molecule has 0 spiro atoms. The molecule has 3 aromatic rings. The lowest BCUT2D eigenvalue weighted by molar-refractivity contribution is 0.477. The van der Waals surface area contributed by atoms with Crippen molar-refractivity contribution >= 4 is 28.5 Å². The van der Waals surface area contributed by atoms with Crippen LogP contribution >= 0.6 is 0 Å². The van der Waals surface area contributed by atoms with Gasteiger partial charge in [-0.1, -0.05) is 48.5 Å². The van der Waals surface area contributed by atoms with Gasteiger partial charge in [0.05, 0.1) is 28.5 Å². The van der Waals surface area contributed by atoms with Crippen LogP contribution in [0.15, 0.2) is 78.9 Å². The van der Waals surface area contributed by atoms with E-state index in [9.17, 15) is 0 Å². The van der Waals surface area contributed by atoms with Crippen LogP contribution in [0.5, 0.6) is 11.5 Å². The monoisotopic (exact) mass is 337 g/mol. The van der Waals surface area contributed by atoms with E-state index in [0.29, 0.717) is 0 Å². The van der Waals surface area contributed by atoms with Crippen molar-refractivity contribution in [2.24, 2.45) is 0 Å². The van der Waals surface area contributed by atoms with Crippen molar-refractivity contribution in [1.29, 1.82) is 10.8 Å². The second-order valence-corrected chi connectivity index (χ2v) is 6.24. The van der Waals surface area contributed by atoms with Crippen LogP contribution in [0.2, 0.25) is 0 Å². The van der Waals surface area contributed by atoms with Crippen molar-refractivity contribution in [1.82, 2.24) is 0 Å². The van der Waals surface area contributed by atoms with Crippen molar-refractivity contribution in [2.75, 3.05) is 4.90 Å². The van der Waals surface area contributed by atoms with E-state index in [0.717, 1.165) is 39.7 Å². The molecule has 0 radical (unpaired) electrons. The molecule has 124 valence electrons. The Kier molecular flexibility index (Phi) is 3.06. The van der Waals surface area contributed by atoms with Gasteiger partial charge in [-0.05, 0) is 30.3 Å². The number of allylic oxidation sites excluding steroid dienone is 1. The van der Waals surface area contributed by atoms with Gasteiger partial charge in [0.2, 0.25) is 0 Å². The van der Waals surface area contributed by atoms with E-state index in [4.69, 9.17) is 15.6 Å². The number of benzene rings is 3. The highest BCUT2D eigenvalue weighted by atomic mass is 16.5. The number of nitrogens with zero attached hydrogens (tertiary/aromatic N) is 1. The molecule has 1 heterocycles. The number of anilines is 2. The highest BCUT2D eigenvalue weighted by molar-refractivity contribution is 6.53. The predicted molar refractivity (Wildman–Crippen MR) is 104 cm³/mol. The van der Waals surface area contributed by atoms with Gasteiger partial charge in [-0.15, -0.1) is 0 Å². The summed E-state index contributed by atoms with van der Waals surface area (Å²) < 4.78 is 6.07. The van der Waals surface area contributed by atoms with Crippen molar-refractivity contribution in [3.63, 3.8) is 0 Å². The number of nitrogens with one attached hydrogen (secondary N) is 2. The first kappa shape index (κ1) is 14.7. The molecule has 0 atom stereocenters. The van der Waals surface area contributed by atoms with Gasteiger partial charge in [0.1, 0.15) is 0 Å². The summed E-state index contributed by atoms with van der Waals surface area (Å²) in [6.07, 6.45) is 1.77. The molecular formula is C22H15N3O. The van der Waals surface area contributed by atoms with E-state index in [1.54, 1.807) is 6.08 Å². The van der Waals surface area contributed by atoms with Gasteiger partial charge in [0.25, 0.3) is 0 Å². The maximum atomic E-state index is 8.28. The van der Waals surface area contributed by atoms with Gasteiger partial charge < -0.3 is 9.64 Å². The number of hydrogen-bond acceptors (Lipinski definition) is 4. The zero-order chi connectivity index (χ0) is 17.7. The van der Waals surface area contributed by atoms with Crippen LogP contribution in [0.3, 0.4) is 0 Å². The van der Waals surface area contributed by atoms with Gasteiger partial charge >= 0.3 is 0 Å². The SMILES string of the molecule is N=C1C=C(N2c3ccccc3Oc3ccccc32)c2ccccc2C1=N. The lowest BCUT2D eigenvalue weighted by atomic mass is 9.90. The van der Waals surface area contributed by atoms with Crippen LogP contribution in [0, 0.1) is 10.8 Å². The highest BCUT2D eigenvalue weighted by Crippen LogP contribution is 2.50. The third-order valence-corrected chi connectivity index (χ3v) is 4.70. The van der Waals surface area contributed by atoms with Crippen LogP contribution < -0.4 is 9.64 Å². The van der Waals surface area contributed by atoms with Crippen molar-refractivity contribution in [3.05, 3.63) is 90.0 Å². The van der Waals surface area contributed by atoms with Crippen LogP contribution in [0.1, 0.15) is 11.1 Å². The maximum Gasteiger partial charge on any atom is 0.151 e. The summed E-state index contributed by atoms with van der Waals surface area (Å²) in [5, 5.41) is 16.5. The molecule has 4 heteroatoms. The number of rotatable bonds is 1. The fourth-order valence-corrected chi connectivity index (χ4v) is 3.51. The fourth-order valence-electron chi connectivity index (χ4n) is 3.51. The standard InChI is InChI=1S/C22H15N3O/c23-16-13-19(14-7-1-2-8-15(14)22(16)24)25-17-9-3-5-11-20(17)26-21-12-6-4-10-18(21)25/h1-13,23-24H. The third-order valence-electron chi connectivity index (χ3n) is 4.70. The number of fused-ring (bicyclic) bond motifs is 3. The zero-order valence-corrected chi connectivity index (χ0v) is 13.9. The summed E-state index contributed by atoms with van der Waals surface area (Å²) in [5.74, 6) is 1.55. The smallest absolute Gasteiger partial charge is 0.151 e. The summed E-state index contributed by atoms with van der Waals surface area (Å²) in [6, 6.07) is 23.5. The molecule has 4 nitrogen and oxygen atoms in total. The topological polar surface area (TPSA) is 60.2 Å². The summed E-state index contributed by atoms with van der Waals surface area (Å²) in [7, 11) is 0. The number of hydrogen-bond donors (Lipinski definition) is 2. The Hall–Kier alpha value is -3.66. The van der Waals surface area contributed by atoms with Crippen molar-refractivity contribution in [2.45, 2.75) is 0 Å². The second-order valence-electron chi connectivity index (χ2n) is 6.24. The van der Waals surface area contributed by atoms with Crippen LogP contribution in [0.25, 0.3) is 5.70 Å². The first-order chi connectivity index (χ1) is 12.7. The van der Waals surface area contributed by atoms with E-state index < -0.39 is 0 Å². The molecule has 0 bridgehead atoms. The van der Waals surface area contributed by atoms with Crippen molar-refractivity contribution in [3.8, 4) is 11.5 Å². The normalized spacial score (nSPS) is 14.8. The van der Waals surface area contributed by atoms with E-state index in [2.05, 4.69) is 4.90 Å². The molecule has 0 unspecified atom stereocenters. The summed E-state index contributed by atoms with van der Waals surface area (Å²) in [5.41, 5.74) is 4.91. The Morgan fingerprint density at radius 1 is 0.654 bits per heavy atom. The summed E-state index contributed by atoms with van der Waals surface area (Å²) in [6.45, 7) is 0. The molecule has 0 fully saturated rings. The van der Waals surface area contributed by atoms with Gasteiger partial charge in [-0.3, -0.25) is 10.8 Å². The van der Waals surface area contributed by atoms with Crippen LogP contribution in [0.4, 0.5) is 11.4 Å².